The Morgan fingerprint density at radius 2 is 1.35 bits per heavy atom. The van der Waals surface area contributed by atoms with Crippen LogP contribution in [0.5, 0.6) is 0 Å². The Kier molecular flexibility index (Phi) is 3.37. The van der Waals surface area contributed by atoms with Crippen molar-refractivity contribution in [1.82, 2.24) is 0 Å². The van der Waals surface area contributed by atoms with Gasteiger partial charge in [0.15, 0.2) is 0 Å². The molecule has 0 saturated carbocycles. The number of alkyl halides is 5. The Morgan fingerprint density at radius 3 is 1.71 bits per heavy atom. The fourth-order valence-electron chi connectivity index (χ4n) is 1.17. The van der Waals surface area contributed by atoms with Crippen LogP contribution >= 0.6 is 0 Å². The minimum Gasteiger partial charge on any atom is -0.319 e. The molecule has 0 radical (unpaired) electrons. The zero-order chi connectivity index (χ0) is 13.4. The summed E-state index contributed by atoms with van der Waals surface area (Å²) >= 11 is 0. The number of rotatable bonds is 2. The van der Waals surface area contributed by atoms with Crippen molar-refractivity contribution in [2.45, 2.75) is 18.1 Å². The normalized spacial score (nSPS) is 14.8. The van der Waals surface area contributed by atoms with Crippen molar-refractivity contribution in [2.24, 2.45) is 5.73 Å². The van der Waals surface area contributed by atoms with Crippen molar-refractivity contribution in [3.05, 3.63) is 35.4 Å². The molecule has 0 spiro atoms. The average Bonchev–Trinajstić information content (AvgIpc) is 2.15. The molecule has 0 unspecified atom stereocenters. The highest BCUT2D eigenvalue weighted by Gasteiger charge is 2.62. The molecule has 1 rings (SSSR count). The minimum absolute atomic E-state index is 0.546. The maximum atomic E-state index is 13.0. The lowest BCUT2D eigenvalue weighted by molar-refractivity contribution is -0.291. The van der Waals surface area contributed by atoms with Crippen LogP contribution in [0.3, 0.4) is 0 Å². The van der Waals surface area contributed by atoms with Gasteiger partial charge in [0.05, 0.1) is 0 Å². The molecule has 0 amide bonds. The highest BCUT2D eigenvalue weighted by molar-refractivity contribution is 5.25. The molecule has 2 N–H and O–H groups in total. The summed E-state index contributed by atoms with van der Waals surface area (Å²) in [5, 5.41) is 0. The molecule has 1 atom stereocenters. The van der Waals surface area contributed by atoms with E-state index in [1.165, 1.54) is 0 Å². The SMILES string of the molecule is N[C@H](c1c(F)cccc1F)C(F)(F)C(F)(F)F. The Bertz CT molecular complexity index is 392. The van der Waals surface area contributed by atoms with E-state index in [-0.39, 0.29) is 0 Å². The molecule has 0 aliphatic heterocycles. The zero-order valence-corrected chi connectivity index (χ0v) is 8.03. The van der Waals surface area contributed by atoms with Crippen LogP contribution in [-0.2, 0) is 0 Å². The second-order valence-electron chi connectivity index (χ2n) is 3.23. The lowest BCUT2D eigenvalue weighted by Gasteiger charge is -2.26. The fraction of sp³-hybridized carbons (Fsp3) is 0.333. The largest absolute Gasteiger partial charge is 0.455 e. The van der Waals surface area contributed by atoms with Crippen LogP contribution in [0.2, 0.25) is 0 Å². The van der Waals surface area contributed by atoms with Crippen molar-refractivity contribution in [1.29, 1.82) is 0 Å². The van der Waals surface area contributed by atoms with Gasteiger partial charge in [-0.3, -0.25) is 0 Å². The highest BCUT2D eigenvalue weighted by Crippen LogP contribution is 2.44. The van der Waals surface area contributed by atoms with Crippen LogP contribution < -0.4 is 5.73 Å². The third-order valence-electron chi connectivity index (χ3n) is 2.08. The molecule has 0 aliphatic rings. The number of benzene rings is 1. The molecule has 96 valence electrons. The summed E-state index contributed by atoms with van der Waals surface area (Å²) in [4.78, 5) is 0. The number of hydrogen-bond acceptors (Lipinski definition) is 1. The first-order valence-corrected chi connectivity index (χ1v) is 4.23. The molecule has 1 nitrogen and oxygen atoms in total. The molecule has 0 fully saturated rings. The van der Waals surface area contributed by atoms with Crippen molar-refractivity contribution in [3.8, 4) is 0 Å². The number of halogens is 7. The topological polar surface area (TPSA) is 26.0 Å². The zero-order valence-electron chi connectivity index (χ0n) is 8.03. The van der Waals surface area contributed by atoms with Gasteiger partial charge in [0.1, 0.15) is 17.7 Å². The molecule has 0 aromatic heterocycles. The van der Waals surface area contributed by atoms with Crippen molar-refractivity contribution in [3.63, 3.8) is 0 Å². The van der Waals surface area contributed by atoms with Gasteiger partial charge in [-0.2, -0.15) is 22.0 Å². The molecule has 0 heterocycles. The quantitative estimate of drug-likeness (QED) is 0.813. The van der Waals surface area contributed by atoms with Gasteiger partial charge in [0.2, 0.25) is 0 Å². The first-order valence-electron chi connectivity index (χ1n) is 4.23. The highest BCUT2D eigenvalue weighted by atomic mass is 19.4. The van der Waals surface area contributed by atoms with E-state index < -0.39 is 35.3 Å². The maximum Gasteiger partial charge on any atom is 0.455 e. The summed E-state index contributed by atoms with van der Waals surface area (Å²) in [6.07, 6.45) is -5.98. The van der Waals surface area contributed by atoms with E-state index in [9.17, 15) is 30.7 Å². The molecule has 8 heteroatoms. The molecule has 1 aromatic rings. The minimum atomic E-state index is -5.98. The average molecular weight is 261 g/mol. The van der Waals surface area contributed by atoms with E-state index in [0.29, 0.717) is 12.1 Å². The molecule has 0 saturated heterocycles. The van der Waals surface area contributed by atoms with Crippen molar-refractivity contribution < 1.29 is 30.7 Å². The predicted molar refractivity (Wildman–Crippen MR) is 44.3 cm³/mol. The van der Waals surface area contributed by atoms with Crippen molar-refractivity contribution >= 4 is 0 Å². The van der Waals surface area contributed by atoms with E-state index in [2.05, 4.69) is 5.73 Å². The van der Waals surface area contributed by atoms with Gasteiger partial charge in [-0.25, -0.2) is 8.78 Å². The summed E-state index contributed by atoms with van der Waals surface area (Å²) < 4.78 is 87.4. The van der Waals surface area contributed by atoms with Crippen LogP contribution in [0.15, 0.2) is 18.2 Å². The van der Waals surface area contributed by atoms with Gasteiger partial charge >= 0.3 is 12.1 Å². The van der Waals surface area contributed by atoms with E-state index in [1.54, 1.807) is 0 Å². The summed E-state index contributed by atoms with van der Waals surface area (Å²) in [5.41, 5.74) is 3.12. The lowest BCUT2D eigenvalue weighted by Crippen LogP contribution is -2.46. The Morgan fingerprint density at radius 1 is 0.941 bits per heavy atom. The van der Waals surface area contributed by atoms with Crippen LogP contribution in [0.25, 0.3) is 0 Å². The molecule has 1 aromatic carbocycles. The summed E-state index contributed by atoms with van der Waals surface area (Å²) in [6.45, 7) is 0. The van der Waals surface area contributed by atoms with Crippen molar-refractivity contribution in [2.75, 3.05) is 0 Å². The smallest absolute Gasteiger partial charge is 0.319 e. The van der Waals surface area contributed by atoms with E-state index >= 15 is 0 Å². The fourth-order valence-corrected chi connectivity index (χ4v) is 1.17. The first-order chi connectivity index (χ1) is 7.59. The Hall–Kier alpha value is -1.31. The lowest BCUT2D eigenvalue weighted by atomic mass is 10.00. The Labute approximate surface area is 91.0 Å². The van der Waals surface area contributed by atoms with Gasteiger partial charge in [-0.1, -0.05) is 6.07 Å². The van der Waals surface area contributed by atoms with Crippen LogP contribution in [0.1, 0.15) is 11.6 Å². The summed E-state index contributed by atoms with van der Waals surface area (Å²) in [6, 6.07) is -1.22. The number of nitrogens with two attached hydrogens (primary N) is 1. The summed E-state index contributed by atoms with van der Waals surface area (Å²) in [7, 11) is 0. The molecule has 17 heavy (non-hydrogen) atoms. The van der Waals surface area contributed by atoms with E-state index in [4.69, 9.17) is 0 Å². The molecule has 0 bridgehead atoms. The van der Waals surface area contributed by atoms with Gasteiger partial charge < -0.3 is 5.73 Å². The molecular formula is C9H6F7N. The van der Waals surface area contributed by atoms with E-state index in [1.807, 2.05) is 0 Å². The Balaban J connectivity index is 3.26. The third-order valence-corrected chi connectivity index (χ3v) is 2.08. The number of hydrogen-bond donors (Lipinski definition) is 1. The van der Waals surface area contributed by atoms with Gasteiger partial charge in [0, 0.05) is 5.56 Å². The second-order valence-corrected chi connectivity index (χ2v) is 3.23. The molecular weight excluding hydrogens is 255 g/mol. The molecule has 0 aliphatic carbocycles. The van der Waals surface area contributed by atoms with Crippen LogP contribution in [-0.4, -0.2) is 12.1 Å². The first kappa shape index (κ1) is 13.8. The van der Waals surface area contributed by atoms with E-state index in [0.717, 1.165) is 6.07 Å². The van der Waals surface area contributed by atoms with Crippen LogP contribution in [0, 0.1) is 11.6 Å². The van der Waals surface area contributed by atoms with Gasteiger partial charge in [-0.15, -0.1) is 0 Å². The van der Waals surface area contributed by atoms with Crippen LogP contribution in [0.4, 0.5) is 30.7 Å². The summed E-state index contributed by atoms with van der Waals surface area (Å²) in [5.74, 6) is -8.53. The maximum absolute atomic E-state index is 13.0. The van der Waals surface area contributed by atoms with Gasteiger partial charge in [0.25, 0.3) is 0 Å². The third kappa shape index (κ3) is 2.36. The standard InChI is InChI=1S/C9H6F7N/c10-4-2-1-3-5(11)6(4)7(17)8(12,13)9(14,15)16/h1-3,7H,17H2/t7-/m1/s1. The second kappa shape index (κ2) is 4.17. The predicted octanol–water partition coefficient (Wildman–Crippen LogP) is 3.16. The monoisotopic (exact) mass is 261 g/mol. The van der Waals surface area contributed by atoms with Gasteiger partial charge in [-0.05, 0) is 12.1 Å².